The van der Waals surface area contributed by atoms with Crippen LogP contribution in [0, 0.1) is 0 Å². The SMILES string of the molecule is O=C(O)Nc1ccc(-n2cnc3cc(OCCN4CCOCC4)ccc32)cc1. The summed E-state index contributed by atoms with van der Waals surface area (Å²) in [6.45, 7) is 4.99. The fourth-order valence-electron chi connectivity index (χ4n) is 3.23. The van der Waals surface area contributed by atoms with Crippen LogP contribution in [-0.4, -0.2) is 65.1 Å². The molecule has 0 bridgehead atoms. The van der Waals surface area contributed by atoms with Crippen molar-refractivity contribution >= 4 is 22.8 Å². The molecular formula is C20H22N4O4. The maximum Gasteiger partial charge on any atom is 0.409 e. The first kappa shape index (κ1) is 18.3. The van der Waals surface area contributed by atoms with Crippen LogP contribution < -0.4 is 10.1 Å². The number of nitrogens with one attached hydrogen (secondary N) is 1. The summed E-state index contributed by atoms with van der Waals surface area (Å²) in [6.07, 6.45) is 0.670. The lowest BCUT2D eigenvalue weighted by Gasteiger charge is -2.26. The Morgan fingerprint density at radius 2 is 1.96 bits per heavy atom. The smallest absolute Gasteiger partial charge is 0.409 e. The molecule has 0 saturated carbocycles. The van der Waals surface area contributed by atoms with Crippen molar-refractivity contribution in [3.63, 3.8) is 0 Å². The van der Waals surface area contributed by atoms with Crippen LogP contribution in [0.15, 0.2) is 48.8 Å². The number of morpholine rings is 1. The summed E-state index contributed by atoms with van der Waals surface area (Å²) in [5, 5.41) is 11.1. The molecule has 1 fully saturated rings. The summed E-state index contributed by atoms with van der Waals surface area (Å²) in [4.78, 5) is 17.5. The van der Waals surface area contributed by atoms with Gasteiger partial charge in [0.25, 0.3) is 0 Å². The van der Waals surface area contributed by atoms with Gasteiger partial charge in [-0.3, -0.25) is 14.8 Å². The van der Waals surface area contributed by atoms with Crippen molar-refractivity contribution in [1.82, 2.24) is 14.5 Å². The predicted molar refractivity (Wildman–Crippen MR) is 105 cm³/mol. The molecule has 3 aromatic rings. The molecule has 1 aromatic heterocycles. The highest BCUT2D eigenvalue weighted by molar-refractivity contribution is 5.83. The maximum atomic E-state index is 10.7. The standard InChI is InChI=1S/C20H22N4O4/c25-20(26)22-15-1-3-16(4-2-15)24-14-21-18-13-17(5-6-19(18)24)28-12-9-23-7-10-27-11-8-23/h1-6,13-14,22H,7-12H2,(H,25,26). The van der Waals surface area contributed by atoms with Crippen LogP contribution in [0.3, 0.4) is 0 Å². The highest BCUT2D eigenvalue weighted by atomic mass is 16.5. The summed E-state index contributed by atoms with van der Waals surface area (Å²) in [6, 6.07) is 13.0. The normalized spacial score (nSPS) is 14.9. The third-order valence-electron chi connectivity index (χ3n) is 4.70. The Hall–Kier alpha value is -3.10. The van der Waals surface area contributed by atoms with E-state index in [2.05, 4.69) is 15.2 Å². The van der Waals surface area contributed by atoms with Gasteiger partial charge in [-0.2, -0.15) is 0 Å². The number of imidazole rings is 1. The van der Waals surface area contributed by atoms with Gasteiger partial charge in [-0.25, -0.2) is 9.78 Å². The number of carbonyl (C=O) groups is 1. The Balaban J connectivity index is 1.43. The molecule has 2 heterocycles. The Labute approximate surface area is 162 Å². The van der Waals surface area contributed by atoms with Gasteiger partial charge in [0.15, 0.2) is 0 Å². The van der Waals surface area contributed by atoms with Crippen LogP contribution in [0.2, 0.25) is 0 Å². The molecule has 1 aliphatic rings. The van der Waals surface area contributed by atoms with E-state index in [9.17, 15) is 4.79 Å². The molecule has 4 rings (SSSR count). The first-order valence-electron chi connectivity index (χ1n) is 9.19. The lowest BCUT2D eigenvalue weighted by Crippen LogP contribution is -2.38. The molecule has 8 heteroatoms. The summed E-state index contributed by atoms with van der Waals surface area (Å²) in [5.41, 5.74) is 3.23. The van der Waals surface area contributed by atoms with E-state index in [1.165, 1.54) is 0 Å². The van der Waals surface area contributed by atoms with Crippen LogP contribution in [0.5, 0.6) is 5.75 Å². The zero-order valence-corrected chi connectivity index (χ0v) is 15.4. The monoisotopic (exact) mass is 382 g/mol. The molecule has 1 saturated heterocycles. The van der Waals surface area contributed by atoms with Crippen LogP contribution in [-0.2, 0) is 4.74 Å². The second-order valence-electron chi connectivity index (χ2n) is 6.54. The average molecular weight is 382 g/mol. The van der Waals surface area contributed by atoms with Crippen molar-refractivity contribution in [3.8, 4) is 11.4 Å². The zero-order valence-electron chi connectivity index (χ0n) is 15.4. The topological polar surface area (TPSA) is 88.9 Å². The molecule has 0 aliphatic carbocycles. The van der Waals surface area contributed by atoms with Gasteiger partial charge in [-0.15, -0.1) is 0 Å². The molecule has 0 radical (unpaired) electrons. The third-order valence-corrected chi connectivity index (χ3v) is 4.70. The van der Waals surface area contributed by atoms with Gasteiger partial charge < -0.3 is 14.6 Å². The quantitative estimate of drug-likeness (QED) is 0.682. The van der Waals surface area contributed by atoms with E-state index < -0.39 is 6.09 Å². The number of hydrogen-bond acceptors (Lipinski definition) is 5. The minimum absolute atomic E-state index is 0.525. The van der Waals surface area contributed by atoms with Crippen LogP contribution in [0.1, 0.15) is 0 Å². The predicted octanol–water partition coefficient (Wildman–Crippen LogP) is 2.83. The number of hydrogen-bond donors (Lipinski definition) is 2. The number of rotatable bonds is 6. The third kappa shape index (κ3) is 4.24. The van der Waals surface area contributed by atoms with E-state index in [-0.39, 0.29) is 0 Å². The number of carboxylic acid groups (broad SMARTS) is 1. The summed E-state index contributed by atoms with van der Waals surface area (Å²) in [7, 11) is 0. The van der Waals surface area contributed by atoms with Crippen molar-refractivity contribution in [3.05, 3.63) is 48.8 Å². The molecule has 1 aliphatic heterocycles. The van der Waals surface area contributed by atoms with E-state index in [4.69, 9.17) is 14.6 Å². The van der Waals surface area contributed by atoms with E-state index in [0.29, 0.717) is 12.3 Å². The molecule has 2 aromatic carbocycles. The van der Waals surface area contributed by atoms with E-state index in [0.717, 1.165) is 55.3 Å². The summed E-state index contributed by atoms with van der Waals surface area (Å²) < 4.78 is 13.2. The molecule has 0 unspecified atom stereocenters. The molecule has 146 valence electrons. The van der Waals surface area contributed by atoms with Gasteiger partial charge in [-0.05, 0) is 36.4 Å². The summed E-state index contributed by atoms with van der Waals surface area (Å²) in [5.74, 6) is 0.798. The van der Waals surface area contributed by atoms with Gasteiger partial charge in [0.2, 0.25) is 0 Å². The average Bonchev–Trinajstić information content (AvgIpc) is 3.12. The van der Waals surface area contributed by atoms with E-state index in [1.807, 2.05) is 34.9 Å². The van der Waals surface area contributed by atoms with Gasteiger partial charge in [0.05, 0.1) is 24.2 Å². The molecule has 0 spiro atoms. The maximum absolute atomic E-state index is 10.7. The van der Waals surface area contributed by atoms with Crippen molar-refractivity contribution in [2.45, 2.75) is 0 Å². The minimum atomic E-state index is -1.08. The molecule has 2 N–H and O–H groups in total. The lowest BCUT2D eigenvalue weighted by molar-refractivity contribution is 0.0322. The first-order chi connectivity index (χ1) is 13.7. The molecular weight excluding hydrogens is 360 g/mol. The van der Waals surface area contributed by atoms with E-state index in [1.54, 1.807) is 18.5 Å². The van der Waals surface area contributed by atoms with Crippen molar-refractivity contribution < 1.29 is 19.4 Å². The fraction of sp³-hybridized carbons (Fsp3) is 0.300. The number of benzene rings is 2. The number of fused-ring (bicyclic) bond motifs is 1. The molecule has 0 atom stereocenters. The molecule has 1 amide bonds. The van der Waals surface area contributed by atoms with E-state index >= 15 is 0 Å². The fourth-order valence-corrected chi connectivity index (χ4v) is 3.23. The Morgan fingerprint density at radius 3 is 2.71 bits per heavy atom. The van der Waals surface area contributed by atoms with Gasteiger partial charge in [0.1, 0.15) is 18.7 Å². The Morgan fingerprint density at radius 1 is 1.18 bits per heavy atom. The minimum Gasteiger partial charge on any atom is -0.492 e. The zero-order chi connectivity index (χ0) is 19.3. The van der Waals surface area contributed by atoms with Crippen molar-refractivity contribution in [2.24, 2.45) is 0 Å². The van der Waals surface area contributed by atoms with Crippen molar-refractivity contribution in [2.75, 3.05) is 44.8 Å². The van der Waals surface area contributed by atoms with Crippen molar-refractivity contribution in [1.29, 1.82) is 0 Å². The summed E-state index contributed by atoms with van der Waals surface area (Å²) >= 11 is 0. The van der Waals surface area contributed by atoms with Gasteiger partial charge in [0, 0.05) is 37.1 Å². The first-order valence-corrected chi connectivity index (χ1v) is 9.19. The highest BCUT2D eigenvalue weighted by Gasteiger charge is 2.11. The number of anilines is 1. The van der Waals surface area contributed by atoms with Crippen LogP contribution >= 0.6 is 0 Å². The lowest BCUT2D eigenvalue weighted by atomic mass is 10.2. The molecule has 28 heavy (non-hydrogen) atoms. The Kier molecular flexibility index (Phi) is 5.41. The Bertz CT molecular complexity index is 948. The number of amides is 1. The largest absolute Gasteiger partial charge is 0.492 e. The second kappa shape index (κ2) is 8.28. The van der Waals surface area contributed by atoms with Gasteiger partial charge >= 0.3 is 6.09 Å². The number of ether oxygens (including phenoxy) is 2. The second-order valence-corrected chi connectivity index (χ2v) is 6.54. The number of nitrogens with zero attached hydrogens (tertiary/aromatic N) is 3. The van der Waals surface area contributed by atoms with Crippen LogP contribution in [0.4, 0.5) is 10.5 Å². The van der Waals surface area contributed by atoms with Crippen LogP contribution in [0.25, 0.3) is 16.7 Å². The molecule has 8 nitrogen and oxygen atoms in total. The highest BCUT2D eigenvalue weighted by Crippen LogP contribution is 2.23. The van der Waals surface area contributed by atoms with Gasteiger partial charge in [-0.1, -0.05) is 0 Å². The number of aromatic nitrogens is 2.